The van der Waals surface area contributed by atoms with Gasteiger partial charge in [-0.05, 0) is 17.9 Å². The normalized spacial score (nSPS) is 14.2. The minimum atomic E-state index is -3.78. The smallest absolute Gasteiger partial charge is 0.304 e. The van der Waals surface area contributed by atoms with E-state index in [1.165, 1.54) is 24.0 Å². The van der Waals surface area contributed by atoms with Crippen LogP contribution < -0.4 is 4.72 Å². The monoisotopic (exact) mass is 303 g/mol. The fourth-order valence-electron chi connectivity index (χ4n) is 2.01. The van der Waals surface area contributed by atoms with Gasteiger partial charge in [0.15, 0.2) is 5.03 Å². The van der Waals surface area contributed by atoms with Crippen LogP contribution in [0.15, 0.2) is 17.3 Å². The van der Waals surface area contributed by atoms with Gasteiger partial charge in [0, 0.05) is 13.1 Å². The van der Waals surface area contributed by atoms with Gasteiger partial charge < -0.3 is 5.11 Å². The Morgan fingerprint density at radius 3 is 2.50 bits per heavy atom. The van der Waals surface area contributed by atoms with Crippen LogP contribution in [0.2, 0.25) is 0 Å². The van der Waals surface area contributed by atoms with E-state index in [-0.39, 0.29) is 16.9 Å². The van der Waals surface area contributed by atoms with Crippen molar-refractivity contribution in [1.82, 2.24) is 14.5 Å². The summed E-state index contributed by atoms with van der Waals surface area (Å²) < 4.78 is 28.1. The van der Waals surface area contributed by atoms with Crippen LogP contribution in [0.1, 0.15) is 33.6 Å². The van der Waals surface area contributed by atoms with E-state index in [1.807, 2.05) is 20.8 Å². The third-order valence-electron chi connectivity index (χ3n) is 2.65. The summed E-state index contributed by atoms with van der Waals surface area (Å²) in [6.45, 7) is 5.79. The van der Waals surface area contributed by atoms with Crippen LogP contribution in [0.3, 0.4) is 0 Å². The van der Waals surface area contributed by atoms with Crippen LogP contribution in [0.5, 0.6) is 0 Å². The fourth-order valence-corrected chi connectivity index (χ4v) is 3.37. The molecule has 1 aromatic heterocycles. The van der Waals surface area contributed by atoms with Crippen molar-refractivity contribution in [2.24, 2.45) is 12.5 Å². The fraction of sp³-hybridized carbons (Fsp3) is 0.667. The van der Waals surface area contributed by atoms with Crippen molar-refractivity contribution in [3.05, 3.63) is 12.3 Å². The van der Waals surface area contributed by atoms with E-state index in [2.05, 4.69) is 9.82 Å². The van der Waals surface area contributed by atoms with E-state index in [0.717, 1.165) is 0 Å². The average molecular weight is 303 g/mol. The first-order valence-electron chi connectivity index (χ1n) is 6.23. The molecule has 1 unspecified atom stereocenters. The molecule has 0 spiro atoms. The minimum absolute atomic E-state index is 0.0156. The van der Waals surface area contributed by atoms with Crippen molar-refractivity contribution in [3.8, 4) is 0 Å². The van der Waals surface area contributed by atoms with Crippen LogP contribution in [0, 0.1) is 5.41 Å². The first-order chi connectivity index (χ1) is 9.01. The summed E-state index contributed by atoms with van der Waals surface area (Å²) in [4.78, 5) is 10.9. The van der Waals surface area contributed by atoms with Gasteiger partial charge in [-0.3, -0.25) is 9.48 Å². The van der Waals surface area contributed by atoms with Crippen molar-refractivity contribution >= 4 is 16.0 Å². The van der Waals surface area contributed by atoms with Gasteiger partial charge in [-0.2, -0.15) is 5.10 Å². The van der Waals surface area contributed by atoms with E-state index >= 15 is 0 Å². The summed E-state index contributed by atoms with van der Waals surface area (Å²) in [5.74, 6) is -1.04. The first kappa shape index (κ1) is 16.6. The lowest BCUT2D eigenvalue weighted by atomic mass is 9.87. The zero-order chi connectivity index (χ0) is 15.6. The maximum Gasteiger partial charge on any atom is 0.304 e. The minimum Gasteiger partial charge on any atom is -0.481 e. The van der Waals surface area contributed by atoms with Crippen LogP contribution in [-0.4, -0.2) is 35.3 Å². The molecule has 0 aliphatic heterocycles. The molecular formula is C12H21N3O4S. The van der Waals surface area contributed by atoms with Crippen LogP contribution in [-0.2, 0) is 21.9 Å². The second-order valence-corrected chi connectivity index (χ2v) is 7.63. The Balaban J connectivity index is 2.94. The molecular weight excluding hydrogens is 282 g/mol. The van der Waals surface area contributed by atoms with Crippen molar-refractivity contribution in [2.75, 3.05) is 0 Å². The summed E-state index contributed by atoms with van der Waals surface area (Å²) in [7, 11) is -2.26. The number of rotatable bonds is 6. The van der Waals surface area contributed by atoms with E-state index in [1.54, 1.807) is 0 Å². The quantitative estimate of drug-likeness (QED) is 0.815. The molecule has 8 heteroatoms. The maximum atomic E-state index is 12.2. The summed E-state index contributed by atoms with van der Waals surface area (Å²) in [6.07, 6.45) is 1.55. The highest BCUT2D eigenvalue weighted by Gasteiger charge is 2.27. The van der Waals surface area contributed by atoms with Crippen molar-refractivity contribution in [1.29, 1.82) is 0 Å². The molecule has 0 aromatic carbocycles. The largest absolute Gasteiger partial charge is 0.481 e. The van der Waals surface area contributed by atoms with Gasteiger partial charge >= 0.3 is 5.97 Å². The Morgan fingerprint density at radius 2 is 2.10 bits per heavy atom. The molecule has 7 nitrogen and oxygen atoms in total. The van der Waals surface area contributed by atoms with Crippen molar-refractivity contribution < 1.29 is 18.3 Å². The Bertz CT molecular complexity index is 572. The summed E-state index contributed by atoms with van der Waals surface area (Å²) in [5, 5.41) is 12.7. The number of nitrogens with one attached hydrogen (secondary N) is 1. The second kappa shape index (κ2) is 5.92. The van der Waals surface area contributed by atoms with Gasteiger partial charge in [0.2, 0.25) is 0 Å². The number of hydrogen-bond donors (Lipinski definition) is 2. The zero-order valence-corrected chi connectivity index (χ0v) is 12.9. The third-order valence-corrected chi connectivity index (χ3v) is 4.25. The summed E-state index contributed by atoms with van der Waals surface area (Å²) in [6, 6.07) is 0.712. The van der Waals surface area contributed by atoms with Gasteiger partial charge in [0.1, 0.15) is 0 Å². The molecule has 0 aliphatic carbocycles. The van der Waals surface area contributed by atoms with E-state index in [9.17, 15) is 13.2 Å². The number of sulfonamides is 1. The number of carbonyl (C=O) groups is 1. The standard InChI is InChI=1S/C12H21N3O4S/c1-12(2,3)8-9(7-11(16)17)14-20(18,19)10-5-6-13-15(10)4/h5-6,9,14H,7-8H2,1-4H3,(H,16,17). The predicted molar refractivity (Wildman–Crippen MR) is 73.6 cm³/mol. The molecule has 0 saturated heterocycles. The van der Waals surface area contributed by atoms with E-state index in [0.29, 0.717) is 6.42 Å². The number of hydrogen-bond acceptors (Lipinski definition) is 4. The molecule has 0 bridgehead atoms. The lowest BCUT2D eigenvalue weighted by molar-refractivity contribution is -0.137. The van der Waals surface area contributed by atoms with Gasteiger partial charge in [-0.25, -0.2) is 13.1 Å². The molecule has 2 N–H and O–H groups in total. The molecule has 1 aromatic rings. The molecule has 0 saturated carbocycles. The molecule has 0 amide bonds. The van der Waals surface area contributed by atoms with Crippen molar-refractivity contribution in [2.45, 2.75) is 44.7 Å². The molecule has 1 atom stereocenters. The lowest BCUT2D eigenvalue weighted by Gasteiger charge is -2.25. The summed E-state index contributed by atoms with van der Waals surface area (Å²) in [5.41, 5.74) is -0.185. The number of carboxylic acid groups (broad SMARTS) is 1. The molecule has 0 fully saturated rings. The van der Waals surface area contributed by atoms with Gasteiger partial charge in [-0.15, -0.1) is 0 Å². The maximum absolute atomic E-state index is 12.2. The predicted octanol–water partition coefficient (Wildman–Crippen LogP) is 0.978. The van der Waals surface area contributed by atoms with Gasteiger partial charge in [0.25, 0.3) is 10.0 Å². The van der Waals surface area contributed by atoms with Gasteiger partial charge in [0.05, 0.1) is 12.6 Å². The number of carboxylic acids is 1. The Labute approximate surface area is 119 Å². The van der Waals surface area contributed by atoms with E-state index < -0.39 is 22.0 Å². The van der Waals surface area contributed by atoms with Crippen molar-refractivity contribution in [3.63, 3.8) is 0 Å². The topological polar surface area (TPSA) is 101 Å². The van der Waals surface area contributed by atoms with E-state index in [4.69, 9.17) is 5.11 Å². The van der Waals surface area contributed by atoms with Gasteiger partial charge in [-0.1, -0.05) is 20.8 Å². The van der Waals surface area contributed by atoms with Crippen LogP contribution in [0.4, 0.5) is 0 Å². The summed E-state index contributed by atoms with van der Waals surface area (Å²) >= 11 is 0. The SMILES string of the molecule is Cn1nccc1S(=O)(=O)NC(CC(=O)O)CC(C)(C)C. The highest BCUT2D eigenvalue weighted by atomic mass is 32.2. The number of nitrogens with zero attached hydrogens (tertiary/aromatic N) is 2. The zero-order valence-electron chi connectivity index (χ0n) is 12.1. The first-order valence-corrected chi connectivity index (χ1v) is 7.72. The second-order valence-electron chi connectivity index (χ2n) is 5.97. The Hall–Kier alpha value is -1.41. The molecule has 1 rings (SSSR count). The molecule has 1 heterocycles. The van der Waals surface area contributed by atoms with Crippen LogP contribution >= 0.6 is 0 Å². The highest BCUT2D eigenvalue weighted by Crippen LogP contribution is 2.23. The highest BCUT2D eigenvalue weighted by molar-refractivity contribution is 7.89. The number of aryl methyl sites for hydroxylation is 1. The Morgan fingerprint density at radius 1 is 1.50 bits per heavy atom. The molecule has 0 aliphatic rings. The number of aliphatic carboxylic acids is 1. The molecule has 114 valence electrons. The lowest BCUT2D eigenvalue weighted by Crippen LogP contribution is -2.39. The molecule has 0 radical (unpaired) electrons. The molecule has 20 heavy (non-hydrogen) atoms. The Kier molecular flexibility index (Phi) is 4.93. The van der Waals surface area contributed by atoms with Crippen LogP contribution in [0.25, 0.3) is 0 Å². The third kappa shape index (κ3) is 4.93. The average Bonchev–Trinajstić information content (AvgIpc) is 2.59. The number of aromatic nitrogens is 2.